The minimum absolute atomic E-state index is 0.107. The second-order valence-electron chi connectivity index (χ2n) is 8.58. The van der Waals surface area contributed by atoms with Crippen molar-refractivity contribution in [3.63, 3.8) is 0 Å². The predicted molar refractivity (Wildman–Crippen MR) is 115 cm³/mol. The molecule has 1 aromatic carbocycles. The van der Waals surface area contributed by atoms with Crippen molar-refractivity contribution in [2.75, 3.05) is 6.26 Å². The minimum Gasteiger partial charge on any atom is -0.380 e. The molecular weight excluding hydrogens is 360 g/mol. The van der Waals surface area contributed by atoms with Gasteiger partial charge in [0.2, 0.25) is 0 Å². The molecule has 1 N–H and O–H groups in total. The third kappa shape index (κ3) is 3.72. The summed E-state index contributed by atoms with van der Waals surface area (Å²) in [6.45, 7) is 9.21. The SMILES string of the molecule is CC[C@@H](SC)[C@@](O)(c1ccccc1)[C@@H]1O[C@@H]2C[C@H](C)CC[C@H]2C(C)(C)S1. The van der Waals surface area contributed by atoms with Crippen molar-refractivity contribution >= 4 is 23.5 Å². The lowest BCUT2D eigenvalue weighted by molar-refractivity contribution is -0.137. The minimum atomic E-state index is -0.983. The molecule has 4 heteroatoms. The van der Waals surface area contributed by atoms with Crippen LogP contribution < -0.4 is 0 Å². The van der Waals surface area contributed by atoms with E-state index in [4.69, 9.17) is 4.74 Å². The van der Waals surface area contributed by atoms with E-state index in [-0.39, 0.29) is 21.5 Å². The van der Waals surface area contributed by atoms with E-state index in [9.17, 15) is 5.11 Å². The monoisotopic (exact) mass is 394 g/mol. The number of aliphatic hydroxyl groups is 1. The Morgan fingerprint density at radius 3 is 2.62 bits per heavy atom. The van der Waals surface area contributed by atoms with Crippen molar-refractivity contribution in [1.82, 2.24) is 0 Å². The van der Waals surface area contributed by atoms with E-state index < -0.39 is 5.60 Å². The summed E-state index contributed by atoms with van der Waals surface area (Å²) in [5, 5.41) is 12.2. The van der Waals surface area contributed by atoms with Gasteiger partial charge in [0.15, 0.2) is 0 Å². The van der Waals surface area contributed by atoms with Crippen LogP contribution in [-0.4, -0.2) is 32.9 Å². The lowest BCUT2D eigenvalue weighted by Gasteiger charge is -2.54. The summed E-state index contributed by atoms with van der Waals surface area (Å²) in [6.07, 6.45) is 6.93. The van der Waals surface area contributed by atoms with Gasteiger partial charge in [0.1, 0.15) is 11.0 Å². The van der Waals surface area contributed by atoms with Crippen molar-refractivity contribution < 1.29 is 9.84 Å². The first-order valence-corrected chi connectivity index (χ1v) is 12.1. The molecule has 0 bridgehead atoms. The first-order chi connectivity index (χ1) is 12.3. The Morgan fingerprint density at radius 2 is 2.00 bits per heavy atom. The van der Waals surface area contributed by atoms with Crippen molar-refractivity contribution in [3.8, 4) is 0 Å². The fraction of sp³-hybridized carbons (Fsp3) is 0.727. The summed E-state index contributed by atoms with van der Waals surface area (Å²) in [5.74, 6) is 1.29. The number of fused-ring (bicyclic) bond motifs is 1. The highest BCUT2D eigenvalue weighted by atomic mass is 32.2. The topological polar surface area (TPSA) is 29.5 Å². The van der Waals surface area contributed by atoms with E-state index >= 15 is 0 Å². The maximum absolute atomic E-state index is 12.1. The highest BCUT2D eigenvalue weighted by molar-refractivity contribution is 8.01. The Kier molecular flexibility index (Phi) is 6.38. The van der Waals surface area contributed by atoms with Crippen LogP contribution in [0.2, 0.25) is 0 Å². The number of rotatable bonds is 5. The maximum Gasteiger partial charge on any atom is 0.138 e. The zero-order valence-electron chi connectivity index (χ0n) is 16.8. The largest absolute Gasteiger partial charge is 0.380 e. The fourth-order valence-electron chi connectivity index (χ4n) is 4.85. The Labute approximate surface area is 167 Å². The highest BCUT2D eigenvalue weighted by Crippen LogP contribution is 2.55. The molecule has 3 rings (SSSR count). The molecule has 0 spiro atoms. The van der Waals surface area contributed by atoms with Crippen molar-refractivity contribution in [1.29, 1.82) is 0 Å². The van der Waals surface area contributed by atoms with Crippen molar-refractivity contribution in [2.24, 2.45) is 11.8 Å². The average molecular weight is 395 g/mol. The zero-order chi connectivity index (χ0) is 18.9. The van der Waals surface area contributed by atoms with E-state index in [1.807, 2.05) is 30.0 Å². The van der Waals surface area contributed by atoms with Crippen LogP contribution in [0.4, 0.5) is 0 Å². The molecule has 0 radical (unpaired) electrons. The predicted octanol–water partition coefficient (Wildman–Crippen LogP) is 5.69. The van der Waals surface area contributed by atoms with Crippen LogP contribution in [0.25, 0.3) is 0 Å². The van der Waals surface area contributed by atoms with E-state index in [0.717, 1.165) is 18.4 Å². The molecule has 0 unspecified atom stereocenters. The maximum atomic E-state index is 12.1. The highest BCUT2D eigenvalue weighted by Gasteiger charge is 2.55. The normalized spacial score (nSPS) is 34.5. The van der Waals surface area contributed by atoms with E-state index in [1.165, 1.54) is 12.8 Å². The van der Waals surface area contributed by atoms with Gasteiger partial charge in [-0.2, -0.15) is 11.8 Å². The first-order valence-electron chi connectivity index (χ1n) is 9.96. The molecule has 146 valence electrons. The summed E-state index contributed by atoms with van der Waals surface area (Å²) in [7, 11) is 0. The number of benzene rings is 1. The Hall–Kier alpha value is -0.160. The zero-order valence-corrected chi connectivity index (χ0v) is 18.4. The van der Waals surface area contributed by atoms with Gasteiger partial charge in [0, 0.05) is 10.00 Å². The third-order valence-corrected chi connectivity index (χ3v) is 9.25. The van der Waals surface area contributed by atoms with Gasteiger partial charge in [0.25, 0.3) is 0 Å². The van der Waals surface area contributed by atoms with E-state index in [2.05, 4.69) is 46.1 Å². The van der Waals surface area contributed by atoms with E-state index in [0.29, 0.717) is 11.8 Å². The number of thioether (sulfide) groups is 2. The molecule has 2 fully saturated rings. The average Bonchev–Trinajstić information content (AvgIpc) is 2.62. The molecule has 1 saturated carbocycles. The first kappa shape index (κ1) is 20.6. The van der Waals surface area contributed by atoms with Gasteiger partial charge in [-0.15, -0.1) is 11.8 Å². The number of hydrogen-bond acceptors (Lipinski definition) is 4. The molecule has 2 aliphatic rings. The van der Waals surface area contributed by atoms with E-state index in [1.54, 1.807) is 11.8 Å². The summed E-state index contributed by atoms with van der Waals surface area (Å²) in [6, 6.07) is 10.2. The van der Waals surface area contributed by atoms with Crippen LogP contribution >= 0.6 is 23.5 Å². The molecule has 2 nitrogen and oxygen atoms in total. The molecule has 0 amide bonds. The lowest BCUT2D eigenvalue weighted by atomic mass is 9.74. The summed E-state index contributed by atoms with van der Waals surface area (Å²) in [4.78, 5) is 0. The van der Waals surface area contributed by atoms with Gasteiger partial charge in [-0.05, 0) is 42.9 Å². The summed E-state index contributed by atoms with van der Waals surface area (Å²) >= 11 is 3.60. The molecule has 0 aromatic heterocycles. The van der Waals surface area contributed by atoms with Gasteiger partial charge in [-0.3, -0.25) is 0 Å². The molecule has 1 aliphatic carbocycles. The third-order valence-electron chi connectivity index (χ3n) is 6.40. The van der Waals surface area contributed by atoms with Crippen LogP contribution in [0.5, 0.6) is 0 Å². The Balaban J connectivity index is 1.99. The summed E-state index contributed by atoms with van der Waals surface area (Å²) < 4.78 is 6.82. The van der Waals surface area contributed by atoms with Crippen LogP contribution in [0, 0.1) is 11.8 Å². The quantitative estimate of drug-likeness (QED) is 0.695. The molecule has 1 saturated heterocycles. The molecule has 1 heterocycles. The molecular formula is C22H34O2S2. The van der Waals surface area contributed by atoms with Crippen LogP contribution in [-0.2, 0) is 10.3 Å². The van der Waals surface area contributed by atoms with Gasteiger partial charge in [-0.25, -0.2) is 0 Å². The lowest BCUT2D eigenvalue weighted by Crippen LogP contribution is -2.57. The second kappa shape index (κ2) is 8.06. The molecule has 1 aromatic rings. The van der Waals surface area contributed by atoms with Crippen molar-refractivity contribution in [3.05, 3.63) is 35.9 Å². The van der Waals surface area contributed by atoms with Gasteiger partial charge in [0.05, 0.1) is 6.10 Å². The van der Waals surface area contributed by atoms with Gasteiger partial charge in [-0.1, -0.05) is 64.4 Å². The Morgan fingerprint density at radius 1 is 1.31 bits per heavy atom. The molecule has 1 aliphatic heterocycles. The molecule has 26 heavy (non-hydrogen) atoms. The number of ether oxygens (including phenoxy) is 1. The fourth-order valence-corrected chi connectivity index (χ4v) is 7.57. The van der Waals surface area contributed by atoms with Crippen molar-refractivity contribution in [2.45, 2.75) is 80.5 Å². The van der Waals surface area contributed by atoms with Crippen LogP contribution in [0.3, 0.4) is 0 Å². The van der Waals surface area contributed by atoms with Crippen LogP contribution in [0.15, 0.2) is 30.3 Å². The standard InChI is InChI=1S/C22H34O2S2/c1-6-19(25-5)22(23,16-10-8-7-9-11-16)20-24-18-14-15(2)12-13-17(18)21(3,4)26-20/h7-11,15,17-20,23H,6,12-14H2,1-5H3/t15-,17-,18-,19-,20-,22+/m1/s1. The summed E-state index contributed by atoms with van der Waals surface area (Å²) in [5.41, 5.74) is -0.233. The number of hydrogen-bond donors (Lipinski definition) is 1. The smallest absolute Gasteiger partial charge is 0.138 e. The second-order valence-corrected chi connectivity index (χ2v) is 11.3. The van der Waals surface area contributed by atoms with Gasteiger partial charge < -0.3 is 9.84 Å². The molecule has 6 atom stereocenters. The van der Waals surface area contributed by atoms with Gasteiger partial charge >= 0.3 is 0 Å². The Bertz CT molecular complexity index is 587. The van der Waals surface area contributed by atoms with Crippen LogP contribution in [0.1, 0.15) is 58.9 Å².